The molecule has 1 aliphatic rings. The molecule has 0 aliphatic carbocycles. The average molecular weight is 379 g/mol. The molecule has 28 heavy (non-hydrogen) atoms. The van der Waals surface area contributed by atoms with Crippen molar-refractivity contribution in [2.45, 2.75) is 25.6 Å². The molecule has 3 aromatic rings. The number of aromatic nitrogens is 4. The number of aryl methyl sites for hydroxylation is 1. The number of rotatable bonds is 7. The van der Waals surface area contributed by atoms with Crippen LogP contribution in [0.2, 0.25) is 0 Å². The van der Waals surface area contributed by atoms with Crippen LogP contribution < -0.4 is 4.74 Å². The Balaban J connectivity index is 1.43. The van der Waals surface area contributed by atoms with Gasteiger partial charge in [-0.3, -0.25) is 14.6 Å². The van der Waals surface area contributed by atoms with Gasteiger partial charge in [0.25, 0.3) is 0 Å². The Morgan fingerprint density at radius 1 is 1.14 bits per heavy atom. The molecule has 0 unspecified atom stereocenters. The van der Waals surface area contributed by atoms with E-state index >= 15 is 0 Å². The van der Waals surface area contributed by atoms with Gasteiger partial charge in [0.15, 0.2) is 0 Å². The lowest BCUT2D eigenvalue weighted by Crippen LogP contribution is -2.36. The van der Waals surface area contributed by atoms with Crippen molar-refractivity contribution in [3.05, 3.63) is 71.3 Å². The van der Waals surface area contributed by atoms with Crippen molar-refractivity contribution in [2.75, 3.05) is 20.3 Å². The van der Waals surface area contributed by atoms with E-state index in [1.807, 2.05) is 42.1 Å². The maximum atomic E-state index is 5.99. The Bertz CT molecular complexity index is 895. The number of hydrogen-bond acceptors (Lipinski definition) is 6. The molecule has 3 heterocycles. The molecule has 0 radical (unpaired) electrons. The molecule has 0 fully saturated rings. The number of ether oxygens (including phenoxy) is 2. The number of nitrogens with zero attached hydrogens (tertiary/aromatic N) is 5. The minimum Gasteiger partial charge on any atom is -0.497 e. The van der Waals surface area contributed by atoms with Gasteiger partial charge in [-0.25, -0.2) is 0 Å². The van der Waals surface area contributed by atoms with Crippen molar-refractivity contribution in [1.82, 2.24) is 24.9 Å². The molecule has 0 saturated carbocycles. The zero-order valence-electron chi connectivity index (χ0n) is 16.3. The first kappa shape index (κ1) is 18.6. The highest BCUT2D eigenvalue weighted by Crippen LogP contribution is 2.28. The first-order chi connectivity index (χ1) is 13.7. The molecule has 7 heteroatoms. The molecule has 0 bridgehead atoms. The van der Waals surface area contributed by atoms with Crippen LogP contribution in [0.3, 0.4) is 0 Å². The highest BCUT2D eigenvalue weighted by molar-refractivity contribution is 5.27. The van der Waals surface area contributed by atoms with E-state index in [-0.39, 0.29) is 5.92 Å². The Morgan fingerprint density at radius 3 is 2.75 bits per heavy atom. The summed E-state index contributed by atoms with van der Waals surface area (Å²) in [6.07, 6.45) is 1.79. The minimum atomic E-state index is 0.228. The summed E-state index contributed by atoms with van der Waals surface area (Å²) in [5.41, 5.74) is 4.40. The maximum Gasteiger partial charge on any atom is 0.118 e. The van der Waals surface area contributed by atoms with Crippen LogP contribution in [0.1, 0.15) is 28.6 Å². The predicted molar refractivity (Wildman–Crippen MR) is 105 cm³/mol. The number of methoxy groups -OCH3 is 1. The highest BCUT2D eigenvalue weighted by atomic mass is 16.5. The SMILES string of the molecule is COc1ccc(CN2Cc3nnn(C)c3[C@@H](COCc3ccccn3)C2)cc1. The van der Waals surface area contributed by atoms with Gasteiger partial charge in [0, 0.05) is 38.8 Å². The van der Waals surface area contributed by atoms with Crippen LogP contribution in [-0.2, 0) is 31.5 Å². The summed E-state index contributed by atoms with van der Waals surface area (Å²) in [6, 6.07) is 14.1. The largest absolute Gasteiger partial charge is 0.497 e. The van der Waals surface area contributed by atoms with Crippen molar-refractivity contribution in [3.8, 4) is 5.75 Å². The van der Waals surface area contributed by atoms with E-state index in [0.29, 0.717) is 13.2 Å². The van der Waals surface area contributed by atoms with Gasteiger partial charge in [0.05, 0.1) is 31.7 Å². The molecule has 146 valence electrons. The molecular formula is C21H25N5O2. The fraction of sp³-hybridized carbons (Fsp3) is 0.381. The molecule has 1 aromatic carbocycles. The third kappa shape index (κ3) is 4.21. The summed E-state index contributed by atoms with van der Waals surface area (Å²) in [7, 11) is 3.64. The van der Waals surface area contributed by atoms with E-state index < -0.39 is 0 Å². The van der Waals surface area contributed by atoms with Crippen LogP contribution in [0, 0.1) is 0 Å². The van der Waals surface area contributed by atoms with E-state index in [9.17, 15) is 0 Å². The summed E-state index contributed by atoms with van der Waals surface area (Å²) in [5.74, 6) is 1.10. The number of hydrogen-bond donors (Lipinski definition) is 0. The van der Waals surface area contributed by atoms with Gasteiger partial charge in [-0.1, -0.05) is 23.4 Å². The smallest absolute Gasteiger partial charge is 0.118 e. The Morgan fingerprint density at radius 2 is 2.00 bits per heavy atom. The van der Waals surface area contributed by atoms with E-state index in [1.165, 1.54) is 11.3 Å². The quantitative estimate of drug-likeness (QED) is 0.629. The molecule has 7 nitrogen and oxygen atoms in total. The van der Waals surface area contributed by atoms with Crippen LogP contribution in [-0.4, -0.2) is 45.1 Å². The molecule has 1 atom stereocenters. The Labute approximate surface area is 164 Å². The van der Waals surface area contributed by atoms with E-state index in [4.69, 9.17) is 9.47 Å². The highest BCUT2D eigenvalue weighted by Gasteiger charge is 2.30. The van der Waals surface area contributed by atoms with Crippen molar-refractivity contribution < 1.29 is 9.47 Å². The second kappa shape index (κ2) is 8.50. The topological polar surface area (TPSA) is 65.3 Å². The number of pyridine rings is 1. The zero-order chi connectivity index (χ0) is 19.3. The van der Waals surface area contributed by atoms with Gasteiger partial charge in [-0.2, -0.15) is 0 Å². The molecule has 0 saturated heterocycles. The second-order valence-electron chi connectivity index (χ2n) is 7.10. The fourth-order valence-electron chi connectivity index (χ4n) is 3.72. The van der Waals surface area contributed by atoms with Gasteiger partial charge >= 0.3 is 0 Å². The van der Waals surface area contributed by atoms with Crippen LogP contribution >= 0.6 is 0 Å². The number of fused-ring (bicyclic) bond motifs is 1. The van der Waals surface area contributed by atoms with Crippen LogP contribution in [0.4, 0.5) is 0 Å². The minimum absolute atomic E-state index is 0.228. The van der Waals surface area contributed by atoms with E-state index in [1.54, 1.807) is 13.3 Å². The lowest BCUT2D eigenvalue weighted by Gasteiger charge is -2.32. The standard InChI is InChI=1S/C21H25N5O2/c1-25-21-17(14-28-15-18-5-3-4-10-22-18)12-26(13-20(21)23-24-25)11-16-6-8-19(27-2)9-7-16/h3-10,17H,11-15H2,1-2H3/t17-/m1/s1. The van der Waals surface area contributed by atoms with Gasteiger partial charge < -0.3 is 9.47 Å². The molecule has 0 spiro atoms. The maximum absolute atomic E-state index is 5.99. The van der Waals surface area contributed by atoms with Crippen molar-refractivity contribution in [1.29, 1.82) is 0 Å². The molecule has 1 aliphatic heterocycles. The average Bonchev–Trinajstić information content (AvgIpc) is 3.10. The van der Waals surface area contributed by atoms with Gasteiger partial charge in [-0.05, 0) is 29.8 Å². The predicted octanol–water partition coefficient (Wildman–Crippen LogP) is 2.53. The third-order valence-electron chi connectivity index (χ3n) is 5.04. The molecular weight excluding hydrogens is 354 g/mol. The van der Waals surface area contributed by atoms with Crippen LogP contribution in [0.15, 0.2) is 48.7 Å². The van der Waals surface area contributed by atoms with Gasteiger partial charge in [0.1, 0.15) is 11.4 Å². The fourth-order valence-corrected chi connectivity index (χ4v) is 3.72. The molecule has 2 aromatic heterocycles. The zero-order valence-corrected chi connectivity index (χ0v) is 16.3. The van der Waals surface area contributed by atoms with E-state index in [2.05, 4.69) is 32.3 Å². The van der Waals surface area contributed by atoms with E-state index in [0.717, 1.165) is 36.8 Å². The van der Waals surface area contributed by atoms with Gasteiger partial charge in [-0.15, -0.1) is 5.10 Å². The Hall–Kier alpha value is -2.77. The molecule has 4 rings (SSSR count). The summed E-state index contributed by atoms with van der Waals surface area (Å²) in [4.78, 5) is 6.72. The summed E-state index contributed by atoms with van der Waals surface area (Å²) in [6.45, 7) is 3.69. The number of benzene rings is 1. The lowest BCUT2D eigenvalue weighted by molar-refractivity contribution is 0.0812. The Kier molecular flexibility index (Phi) is 5.64. The first-order valence-electron chi connectivity index (χ1n) is 9.44. The van der Waals surface area contributed by atoms with Crippen LogP contribution in [0.5, 0.6) is 5.75 Å². The summed E-state index contributed by atoms with van der Waals surface area (Å²) >= 11 is 0. The summed E-state index contributed by atoms with van der Waals surface area (Å²) in [5, 5.41) is 8.61. The second-order valence-corrected chi connectivity index (χ2v) is 7.10. The van der Waals surface area contributed by atoms with Crippen molar-refractivity contribution in [3.63, 3.8) is 0 Å². The monoisotopic (exact) mass is 379 g/mol. The lowest BCUT2D eigenvalue weighted by atomic mass is 9.98. The van der Waals surface area contributed by atoms with Crippen LogP contribution in [0.25, 0.3) is 0 Å². The normalized spacial score (nSPS) is 16.7. The third-order valence-corrected chi connectivity index (χ3v) is 5.04. The van der Waals surface area contributed by atoms with Crippen molar-refractivity contribution in [2.24, 2.45) is 7.05 Å². The summed E-state index contributed by atoms with van der Waals surface area (Å²) < 4.78 is 13.1. The molecule has 0 amide bonds. The van der Waals surface area contributed by atoms with Crippen molar-refractivity contribution >= 4 is 0 Å². The van der Waals surface area contributed by atoms with Gasteiger partial charge in [0.2, 0.25) is 0 Å². The molecule has 0 N–H and O–H groups in total. The first-order valence-corrected chi connectivity index (χ1v) is 9.44.